The molecule has 1 atom stereocenters. The third-order valence-electron chi connectivity index (χ3n) is 3.92. The number of aliphatic hydroxyl groups excluding tert-OH is 1. The van der Waals surface area contributed by atoms with Gasteiger partial charge in [0.15, 0.2) is 0 Å². The number of hydrogen-bond acceptors (Lipinski definition) is 2. The van der Waals surface area contributed by atoms with E-state index in [9.17, 15) is 5.11 Å². The van der Waals surface area contributed by atoms with Crippen LogP contribution in [0.1, 0.15) is 37.0 Å². The summed E-state index contributed by atoms with van der Waals surface area (Å²) in [6, 6.07) is 12.5. The van der Waals surface area contributed by atoms with Gasteiger partial charge in [0, 0.05) is 12.4 Å². The molecule has 0 radical (unpaired) electrons. The smallest absolute Gasteiger partial charge is 0.0975 e. The fourth-order valence-electron chi connectivity index (χ4n) is 2.83. The monoisotopic (exact) mass is 280 g/mol. The van der Waals surface area contributed by atoms with Crippen LogP contribution in [-0.2, 0) is 6.54 Å². The predicted octanol–water partition coefficient (Wildman–Crippen LogP) is 3.89. The first kappa shape index (κ1) is 13.8. The Kier molecular flexibility index (Phi) is 3.76. The molecule has 3 heteroatoms. The third kappa shape index (κ3) is 2.69. The van der Waals surface area contributed by atoms with E-state index in [1.807, 2.05) is 16.8 Å². The number of aliphatic hydroxyl groups is 1. The summed E-state index contributed by atoms with van der Waals surface area (Å²) in [4.78, 5) is 4.02. The normalized spacial score (nSPS) is 13.0. The molecular weight excluding hydrogens is 260 g/mol. The average Bonchev–Trinajstić information content (AvgIpc) is 2.98. The fourth-order valence-corrected chi connectivity index (χ4v) is 2.83. The molecule has 2 aromatic carbocycles. The standard InChI is InChI=1S/C18H20N2O/c1-13(2)14-7-8-17(16-6-4-3-5-15(14)16)18(21)11-20-10-9-19-12-20/h3-10,12-13,18,21H,11H2,1-2H3. The Morgan fingerprint density at radius 2 is 1.71 bits per heavy atom. The van der Waals surface area contributed by atoms with E-state index in [4.69, 9.17) is 0 Å². The SMILES string of the molecule is CC(C)c1ccc(C(O)Cn2ccnc2)c2ccccc12. The Bertz CT molecular complexity index is 732. The van der Waals surface area contributed by atoms with Crippen LogP contribution in [0.15, 0.2) is 55.1 Å². The van der Waals surface area contributed by atoms with E-state index in [1.165, 1.54) is 10.9 Å². The molecule has 0 bridgehead atoms. The number of benzene rings is 2. The Morgan fingerprint density at radius 3 is 2.33 bits per heavy atom. The van der Waals surface area contributed by atoms with Crippen LogP contribution in [0.2, 0.25) is 0 Å². The minimum absolute atomic E-state index is 0.467. The number of fused-ring (bicyclic) bond motifs is 1. The molecule has 3 aromatic rings. The summed E-state index contributed by atoms with van der Waals surface area (Å²) in [6.07, 6.45) is 4.79. The Labute approximate surface area is 124 Å². The Balaban J connectivity index is 2.05. The van der Waals surface area contributed by atoms with Crippen molar-refractivity contribution in [3.8, 4) is 0 Å². The molecule has 1 heterocycles. The third-order valence-corrected chi connectivity index (χ3v) is 3.92. The van der Waals surface area contributed by atoms with Gasteiger partial charge in [-0.1, -0.05) is 50.2 Å². The van der Waals surface area contributed by atoms with E-state index in [0.29, 0.717) is 12.5 Å². The molecule has 0 aliphatic heterocycles. The second-order valence-electron chi connectivity index (χ2n) is 5.72. The lowest BCUT2D eigenvalue weighted by Crippen LogP contribution is -2.08. The van der Waals surface area contributed by atoms with Gasteiger partial charge in [-0.05, 0) is 27.8 Å². The molecule has 0 aliphatic rings. The van der Waals surface area contributed by atoms with Crippen LogP contribution in [0, 0.1) is 0 Å². The Hall–Kier alpha value is -2.13. The molecule has 21 heavy (non-hydrogen) atoms. The van der Waals surface area contributed by atoms with Crippen LogP contribution in [0.25, 0.3) is 10.8 Å². The van der Waals surface area contributed by atoms with Gasteiger partial charge in [0.25, 0.3) is 0 Å². The van der Waals surface area contributed by atoms with Crippen molar-refractivity contribution in [2.24, 2.45) is 0 Å². The van der Waals surface area contributed by atoms with Crippen LogP contribution < -0.4 is 0 Å². The number of hydrogen-bond donors (Lipinski definition) is 1. The van der Waals surface area contributed by atoms with Gasteiger partial charge in [-0.3, -0.25) is 0 Å². The van der Waals surface area contributed by atoms with Crippen molar-refractivity contribution in [3.05, 3.63) is 66.2 Å². The maximum atomic E-state index is 10.6. The van der Waals surface area contributed by atoms with Crippen LogP contribution in [0.4, 0.5) is 0 Å². The molecular formula is C18H20N2O. The quantitative estimate of drug-likeness (QED) is 0.787. The van der Waals surface area contributed by atoms with E-state index in [0.717, 1.165) is 10.9 Å². The molecule has 0 spiro atoms. The first-order chi connectivity index (χ1) is 10.2. The maximum Gasteiger partial charge on any atom is 0.0975 e. The van der Waals surface area contributed by atoms with Gasteiger partial charge in [0.05, 0.1) is 19.0 Å². The van der Waals surface area contributed by atoms with Gasteiger partial charge < -0.3 is 9.67 Å². The van der Waals surface area contributed by atoms with Gasteiger partial charge in [0.1, 0.15) is 0 Å². The second kappa shape index (κ2) is 5.70. The maximum absolute atomic E-state index is 10.6. The summed E-state index contributed by atoms with van der Waals surface area (Å²) in [7, 11) is 0. The lowest BCUT2D eigenvalue weighted by atomic mass is 9.91. The topological polar surface area (TPSA) is 38.0 Å². The lowest BCUT2D eigenvalue weighted by molar-refractivity contribution is 0.158. The molecule has 1 aromatic heterocycles. The summed E-state index contributed by atoms with van der Waals surface area (Å²) < 4.78 is 1.90. The lowest BCUT2D eigenvalue weighted by Gasteiger charge is -2.17. The van der Waals surface area contributed by atoms with Crippen molar-refractivity contribution in [1.82, 2.24) is 9.55 Å². The highest BCUT2D eigenvalue weighted by Gasteiger charge is 2.14. The van der Waals surface area contributed by atoms with Gasteiger partial charge in [-0.25, -0.2) is 4.98 Å². The second-order valence-corrected chi connectivity index (χ2v) is 5.72. The molecule has 3 rings (SSSR count). The van der Waals surface area contributed by atoms with Crippen molar-refractivity contribution in [3.63, 3.8) is 0 Å². The predicted molar refractivity (Wildman–Crippen MR) is 85.2 cm³/mol. The highest BCUT2D eigenvalue weighted by atomic mass is 16.3. The fraction of sp³-hybridized carbons (Fsp3) is 0.278. The zero-order valence-corrected chi connectivity index (χ0v) is 12.4. The molecule has 0 saturated heterocycles. The number of imidazole rings is 1. The van der Waals surface area contributed by atoms with E-state index in [-0.39, 0.29) is 0 Å². The number of aromatic nitrogens is 2. The molecule has 108 valence electrons. The largest absolute Gasteiger partial charge is 0.387 e. The van der Waals surface area contributed by atoms with Crippen molar-refractivity contribution in [2.75, 3.05) is 0 Å². The zero-order chi connectivity index (χ0) is 14.8. The van der Waals surface area contributed by atoms with Crippen LogP contribution in [0.3, 0.4) is 0 Å². The van der Waals surface area contributed by atoms with E-state index >= 15 is 0 Å². The molecule has 1 unspecified atom stereocenters. The van der Waals surface area contributed by atoms with E-state index in [2.05, 4.69) is 49.2 Å². The molecule has 0 amide bonds. The van der Waals surface area contributed by atoms with Gasteiger partial charge >= 0.3 is 0 Å². The number of nitrogens with zero attached hydrogens (tertiary/aromatic N) is 2. The van der Waals surface area contributed by atoms with E-state index < -0.39 is 6.10 Å². The highest BCUT2D eigenvalue weighted by Crippen LogP contribution is 2.31. The van der Waals surface area contributed by atoms with E-state index in [1.54, 1.807) is 12.5 Å². The first-order valence-electron chi connectivity index (χ1n) is 7.32. The zero-order valence-electron chi connectivity index (χ0n) is 12.4. The van der Waals surface area contributed by atoms with Crippen LogP contribution >= 0.6 is 0 Å². The van der Waals surface area contributed by atoms with Crippen LogP contribution in [-0.4, -0.2) is 14.7 Å². The van der Waals surface area contributed by atoms with Crippen LogP contribution in [0.5, 0.6) is 0 Å². The molecule has 0 aliphatic carbocycles. The minimum Gasteiger partial charge on any atom is -0.387 e. The summed E-state index contributed by atoms with van der Waals surface area (Å²) in [6.45, 7) is 4.91. The molecule has 0 saturated carbocycles. The van der Waals surface area contributed by atoms with Gasteiger partial charge in [0.2, 0.25) is 0 Å². The summed E-state index contributed by atoms with van der Waals surface area (Å²) >= 11 is 0. The average molecular weight is 280 g/mol. The van der Waals surface area contributed by atoms with Gasteiger partial charge in [-0.2, -0.15) is 0 Å². The first-order valence-corrected chi connectivity index (χ1v) is 7.32. The molecule has 3 nitrogen and oxygen atoms in total. The Morgan fingerprint density at radius 1 is 1.05 bits per heavy atom. The van der Waals surface area contributed by atoms with Crippen molar-refractivity contribution < 1.29 is 5.11 Å². The summed E-state index contributed by atoms with van der Waals surface area (Å²) in [5.74, 6) is 0.467. The van der Waals surface area contributed by atoms with Gasteiger partial charge in [-0.15, -0.1) is 0 Å². The van der Waals surface area contributed by atoms with Crippen molar-refractivity contribution in [2.45, 2.75) is 32.4 Å². The van der Waals surface area contributed by atoms with Crippen molar-refractivity contribution in [1.29, 1.82) is 0 Å². The minimum atomic E-state index is -0.537. The summed E-state index contributed by atoms with van der Waals surface area (Å²) in [5.41, 5.74) is 2.30. The number of rotatable bonds is 4. The summed E-state index contributed by atoms with van der Waals surface area (Å²) in [5, 5.41) is 12.9. The molecule has 1 N–H and O–H groups in total. The molecule has 0 fully saturated rings. The van der Waals surface area contributed by atoms with Crippen molar-refractivity contribution >= 4 is 10.8 Å². The highest BCUT2D eigenvalue weighted by molar-refractivity contribution is 5.89.